The topological polar surface area (TPSA) is 100 Å². The van der Waals surface area contributed by atoms with Crippen LogP contribution in [0.3, 0.4) is 0 Å². The predicted molar refractivity (Wildman–Crippen MR) is 95.9 cm³/mol. The quantitative estimate of drug-likeness (QED) is 0.696. The van der Waals surface area contributed by atoms with Crippen LogP contribution in [0, 0.1) is 0 Å². The second kappa shape index (κ2) is 9.60. The fraction of sp³-hybridized carbons (Fsp3) is 0.444. The van der Waals surface area contributed by atoms with E-state index < -0.39 is 10.4 Å². The van der Waals surface area contributed by atoms with Gasteiger partial charge < -0.3 is 0 Å². The molecule has 2 aromatic rings. The van der Waals surface area contributed by atoms with Crippen molar-refractivity contribution in [1.82, 2.24) is 9.97 Å². The van der Waals surface area contributed by atoms with Gasteiger partial charge in [0.1, 0.15) is 0 Å². The summed E-state index contributed by atoms with van der Waals surface area (Å²) >= 11 is 0. The van der Waals surface area contributed by atoms with Crippen molar-refractivity contribution in [3.8, 4) is 0 Å². The molecule has 2 aliphatic rings. The zero-order valence-electron chi connectivity index (χ0n) is 14.1. The summed E-state index contributed by atoms with van der Waals surface area (Å²) in [6.45, 7) is 0. The summed E-state index contributed by atoms with van der Waals surface area (Å²) in [6.07, 6.45) is 14.0. The molecule has 0 fully saturated rings. The van der Waals surface area contributed by atoms with Crippen LogP contribution in [0.25, 0.3) is 0 Å². The van der Waals surface area contributed by atoms with Gasteiger partial charge in [-0.1, -0.05) is 12.1 Å². The van der Waals surface area contributed by atoms with E-state index in [1.807, 2.05) is 24.5 Å². The summed E-state index contributed by atoms with van der Waals surface area (Å²) in [5.74, 6) is 0. The average molecular weight is 364 g/mol. The molecular formula is C18H24N2O4S. The Hall–Kier alpha value is -1.83. The Balaban J connectivity index is 0.000000144. The highest BCUT2D eigenvalue weighted by molar-refractivity contribution is 7.79. The summed E-state index contributed by atoms with van der Waals surface area (Å²) < 4.78 is 31.6. The highest BCUT2D eigenvalue weighted by Crippen LogP contribution is 2.18. The van der Waals surface area contributed by atoms with E-state index in [1.54, 1.807) is 0 Å². The lowest BCUT2D eigenvalue weighted by atomic mass is 9.96. The van der Waals surface area contributed by atoms with Crippen LogP contribution in [0.1, 0.15) is 48.2 Å². The zero-order chi connectivity index (χ0) is 18.1. The van der Waals surface area contributed by atoms with Gasteiger partial charge in [-0.05, 0) is 74.6 Å². The monoisotopic (exact) mass is 364 g/mol. The minimum Gasteiger partial charge on any atom is -0.264 e. The molecule has 6 nitrogen and oxygen atoms in total. The van der Waals surface area contributed by atoms with Crippen molar-refractivity contribution in [2.45, 2.75) is 51.4 Å². The smallest absolute Gasteiger partial charge is 0.264 e. The predicted octanol–water partition coefficient (Wildman–Crippen LogP) is 3.27. The molecule has 0 saturated carbocycles. The number of fused-ring (bicyclic) bond motifs is 2. The van der Waals surface area contributed by atoms with Gasteiger partial charge in [-0.3, -0.25) is 19.1 Å². The van der Waals surface area contributed by atoms with Crippen LogP contribution in [0.2, 0.25) is 0 Å². The first-order valence-electron chi connectivity index (χ1n) is 8.49. The van der Waals surface area contributed by atoms with E-state index in [4.69, 9.17) is 17.5 Å². The van der Waals surface area contributed by atoms with Gasteiger partial charge >= 0.3 is 10.4 Å². The molecule has 2 heterocycles. The molecule has 0 saturated heterocycles. The van der Waals surface area contributed by atoms with Gasteiger partial charge in [0.05, 0.1) is 0 Å². The molecule has 0 aromatic carbocycles. The number of hydrogen-bond donors (Lipinski definition) is 2. The van der Waals surface area contributed by atoms with Gasteiger partial charge in [-0.15, -0.1) is 0 Å². The van der Waals surface area contributed by atoms with Crippen LogP contribution in [-0.2, 0) is 36.1 Å². The van der Waals surface area contributed by atoms with Crippen molar-refractivity contribution in [1.29, 1.82) is 0 Å². The Morgan fingerprint density at radius 3 is 1.44 bits per heavy atom. The lowest BCUT2D eigenvalue weighted by Gasteiger charge is -2.12. The average Bonchev–Trinajstić information content (AvgIpc) is 2.61. The molecule has 0 atom stereocenters. The van der Waals surface area contributed by atoms with Crippen molar-refractivity contribution in [2.75, 3.05) is 0 Å². The van der Waals surface area contributed by atoms with Crippen LogP contribution in [0.15, 0.2) is 36.7 Å². The van der Waals surface area contributed by atoms with Crippen LogP contribution in [0.5, 0.6) is 0 Å². The van der Waals surface area contributed by atoms with Gasteiger partial charge in [0, 0.05) is 23.8 Å². The summed E-state index contributed by atoms with van der Waals surface area (Å²) in [5, 5.41) is 0. The van der Waals surface area contributed by atoms with Crippen LogP contribution in [0.4, 0.5) is 0 Å². The maximum absolute atomic E-state index is 8.74. The van der Waals surface area contributed by atoms with Gasteiger partial charge in [-0.2, -0.15) is 8.42 Å². The highest BCUT2D eigenvalue weighted by Gasteiger charge is 2.08. The van der Waals surface area contributed by atoms with Crippen molar-refractivity contribution in [3.05, 3.63) is 59.2 Å². The zero-order valence-corrected chi connectivity index (χ0v) is 15.0. The Kier molecular flexibility index (Phi) is 7.49. The van der Waals surface area contributed by atoms with E-state index in [0.29, 0.717) is 0 Å². The van der Waals surface area contributed by atoms with Crippen molar-refractivity contribution in [3.63, 3.8) is 0 Å². The summed E-state index contributed by atoms with van der Waals surface area (Å²) in [6, 6.07) is 8.46. The molecule has 0 unspecified atom stereocenters. The third kappa shape index (κ3) is 7.72. The van der Waals surface area contributed by atoms with Gasteiger partial charge in [0.15, 0.2) is 0 Å². The molecule has 2 aromatic heterocycles. The number of aryl methyl sites for hydroxylation is 4. The van der Waals surface area contributed by atoms with E-state index in [1.165, 1.54) is 73.9 Å². The third-order valence-corrected chi connectivity index (χ3v) is 4.19. The standard InChI is InChI=1S/2C9H11N.H2O4S/c2*1-2-6-9-8(4-1)5-3-7-10-9;1-5(2,3)4/h2*3,5,7H,1-2,4,6H2;(H2,1,2,3,4). The molecule has 136 valence electrons. The molecule has 7 heteroatoms. The van der Waals surface area contributed by atoms with Gasteiger partial charge in [0.2, 0.25) is 0 Å². The number of rotatable bonds is 0. The first-order valence-corrected chi connectivity index (χ1v) is 9.88. The van der Waals surface area contributed by atoms with E-state index in [-0.39, 0.29) is 0 Å². The second-order valence-electron chi connectivity index (χ2n) is 6.08. The SMILES string of the molecule is O=S(=O)(O)O.c1cnc2c(c1)CCCC2.c1cnc2c(c1)CCCC2. The number of hydrogen-bond acceptors (Lipinski definition) is 4. The van der Waals surface area contributed by atoms with Crippen molar-refractivity contribution >= 4 is 10.4 Å². The van der Waals surface area contributed by atoms with Gasteiger partial charge in [-0.25, -0.2) is 0 Å². The second-order valence-corrected chi connectivity index (χ2v) is 6.98. The van der Waals surface area contributed by atoms with Gasteiger partial charge in [0.25, 0.3) is 0 Å². The molecule has 2 aliphatic carbocycles. The fourth-order valence-corrected chi connectivity index (χ4v) is 3.06. The molecular weight excluding hydrogens is 340 g/mol. The Labute approximate surface area is 148 Å². The van der Waals surface area contributed by atoms with Crippen molar-refractivity contribution < 1.29 is 17.5 Å². The molecule has 2 N–H and O–H groups in total. The van der Waals surface area contributed by atoms with E-state index in [9.17, 15) is 0 Å². The molecule has 4 rings (SSSR count). The summed E-state index contributed by atoms with van der Waals surface area (Å²) in [4.78, 5) is 8.64. The Morgan fingerprint density at radius 2 is 1.08 bits per heavy atom. The minimum atomic E-state index is -4.67. The molecule has 0 bridgehead atoms. The fourth-order valence-electron chi connectivity index (χ4n) is 3.06. The summed E-state index contributed by atoms with van der Waals surface area (Å²) in [7, 11) is -4.67. The van der Waals surface area contributed by atoms with E-state index in [2.05, 4.69) is 22.1 Å². The highest BCUT2D eigenvalue weighted by atomic mass is 32.3. The molecule has 0 aliphatic heterocycles. The Morgan fingerprint density at radius 1 is 0.720 bits per heavy atom. The lowest BCUT2D eigenvalue weighted by molar-refractivity contribution is 0.381. The molecule has 0 spiro atoms. The van der Waals surface area contributed by atoms with Crippen LogP contribution in [-0.4, -0.2) is 27.5 Å². The van der Waals surface area contributed by atoms with E-state index in [0.717, 1.165) is 0 Å². The summed E-state index contributed by atoms with van der Waals surface area (Å²) in [5.41, 5.74) is 5.59. The minimum absolute atomic E-state index is 1.19. The maximum atomic E-state index is 8.74. The normalized spacial score (nSPS) is 15.4. The Bertz CT molecular complexity index is 669. The number of aromatic nitrogens is 2. The lowest BCUT2D eigenvalue weighted by Crippen LogP contribution is -2.03. The van der Waals surface area contributed by atoms with Crippen molar-refractivity contribution in [2.24, 2.45) is 0 Å². The largest absolute Gasteiger partial charge is 0.394 e. The first-order chi connectivity index (χ1) is 11.9. The van der Waals surface area contributed by atoms with E-state index >= 15 is 0 Å². The molecule has 0 amide bonds. The van der Waals surface area contributed by atoms with Crippen LogP contribution >= 0.6 is 0 Å². The van der Waals surface area contributed by atoms with Crippen LogP contribution < -0.4 is 0 Å². The number of pyridine rings is 2. The number of nitrogens with zero attached hydrogens (tertiary/aromatic N) is 2. The molecule has 25 heavy (non-hydrogen) atoms. The maximum Gasteiger partial charge on any atom is 0.394 e. The third-order valence-electron chi connectivity index (χ3n) is 4.19. The first kappa shape index (κ1) is 19.5. The molecule has 0 radical (unpaired) electrons.